The molecule has 0 aromatic heterocycles. The summed E-state index contributed by atoms with van der Waals surface area (Å²) >= 11 is 5.74. The quantitative estimate of drug-likeness (QED) is 0.826. The van der Waals surface area contributed by atoms with Crippen LogP contribution in [0.1, 0.15) is 49.9 Å². The fraction of sp³-hybridized carbons (Fsp3) is 0.500. The van der Waals surface area contributed by atoms with Gasteiger partial charge in [0.1, 0.15) is 5.75 Å². The number of benzene rings is 1. The molecule has 0 saturated carbocycles. The number of carbonyl (C=O) groups is 1. The minimum absolute atomic E-state index is 0.0771. The summed E-state index contributed by atoms with van der Waals surface area (Å²) in [5.74, 6) is -0.317. The maximum atomic E-state index is 12.0. The van der Waals surface area contributed by atoms with Crippen molar-refractivity contribution in [3.05, 3.63) is 28.8 Å². The lowest BCUT2D eigenvalue weighted by atomic mass is 10.1. The number of halogens is 1. The fourth-order valence-corrected chi connectivity index (χ4v) is 2.11. The molecule has 18 heavy (non-hydrogen) atoms. The van der Waals surface area contributed by atoms with Gasteiger partial charge in [0.2, 0.25) is 0 Å². The van der Waals surface area contributed by atoms with Crippen molar-refractivity contribution in [1.82, 2.24) is 5.32 Å². The third-order valence-electron chi connectivity index (χ3n) is 2.81. The summed E-state index contributed by atoms with van der Waals surface area (Å²) in [6.07, 6.45) is 3.96. The zero-order valence-electron chi connectivity index (χ0n) is 10.9. The Kier molecular flexibility index (Phi) is 5.99. The van der Waals surface area contributed by atoms with Crippen LogP contribution < -0.4 is 5.32 Å². The highest BCUT2D eigenvalue weighted by Crippen LogP contribution is 2.22. The summed E-state index contributed by atoms with van der Waals surface area (Å²) in [7, 11) is 0. The minimum atomic E-state index is -0.240. The van der Waals surface area contributed by atoms with E-state index in [9.17, 15) is 9.90 Å². The van der Waals surface area contributed by atoms with Gasteiger partial charge in [-0.1, -0.05) is 38.3 Å². The number of hydrogen-bond acceptors (Lipinski definition) is 2. The molecule has 1 aromatic rings. The van der Waals surface area contributed by atoms with Crippen LogP contribution in [0.2, 0.25) is 5.02 Å². The van der Waals surface area contributed by atoms with E-state index in [0.29, 0.717) is 5.02 Å². The second-order valence-corrected chi connectivity index (χ2v) is 4.85. The molecule has 0 heterocycles. The Labute approximate surface area is 113 Å². The standard InChI is InChI=1S/C14H20ClNO2/c1-3-5-11(6-4-2)16-14(18)12-8-7-10(15)9-13(12)17/h7-9,11,17H,3-6H2,1-2H3,(H,16,18). The van der Waals surface area contributed by atoms with Crippen LogP contribution in [0.5, 0.6) is 5.75 Å². The SMILES string of the molecule is CCCC(CCC)NC(=O)c1ccc(Cl)cc1O. The highest BCUT2D eigenvalue weighted by molar-refractivity contribution is 6.30. The Morgan fingerprint density at radius 3 is 2.44 bits per heavy atom. The van der Waals surface area contributed by atoms with Crippen LogP contribution in [-0.2, 0) is 0 Å². The molecule has 0 unspecified atom stereocenters. The predicted octanol–water partition coefficient (Wildman–Crippen LogP) is 3.74. The largest absolute Gasteiger partial charge is 0.507 e. The number of phenolic OH excluding ortho intramolecular Hbond substituents is 1. The first-order chi connectivity index (χ1) is 8.58. The third kappa shape index (κ3) is 4.22. The van der Waals surface area contributed by atoms with E-state index in [2.05, 4.69) is 19.2 Å². The van der Waals surface area contributed by atoms with E-state index in [4.69, 9.17) is 11.6 Å². The van der Waals surface area contributed by atoms with Gasteiger partial charge in [0, 0.05) is 11.1 Å². The van der Waals surface area contributed by atoms with Crippen molar-refractivity contribution in [1.29, 1.82) is 0 Å². The zero-order chi connectivity index (χ0) is 13.5. The van der Waals surface area contributed by atoms with Gasteiger partial charge in [0.05, 0.1) is 5.56 Å². The van der Waals surface area contributed by atoms with Crippen LogP contribution in [0.4, 0.5) is 0 Å². The van der Waals surface area contributed by atoms with Crippen LogP contribution in [0, 0.1) is 0 Å². The monoisotopic (exact) mass is 269 g/mol. The molecule has 0 aliphatic heterocycles. The molecule has 1 amide bonds. The molecular formula is C14H20ClNO2. The molecule has 0 atom stereocenters. The number of carbonyl (C=O) groups excluding carboxylic acids is 1. The fourth-order valence-electron chi connectivity index (χ4n) is 1.95. The minimum Gasteiger partial charge on any atom is -0.507 e. The van der Waals surface area contributed by atoms with Gasteiger partial charge in [0.25, 0.3) is 5.91 Å². The normalized spacial score (nSPS) is 10.7. The van der Waals surface area contributed by atoms with Crippen molar-refractivity contribution in [2.24, 2.45) is 0 Å². The molecule has 0 bridgehead atoms. The molecule has 0 saturated heterocycles. The smallest absolute Gasteiger partial charge is 0.255 e. The summed E-state index contributed by atoms with van der Waals surface area (Å²) < 4.78 is 0. The lowest BCUT2D eigenvalue weighted by Gasteiger charge is -2.17. The Morgan fingerprint density at radius 2 is 1.94 bits per heavy atom. The summed E-state index contributed by atoms with van der Waals surface area (Å²) in [5, 5.41) is 13.1. The molecule has 1 rings (SSSR count). The molecule has 3 nitrogen and oxygen atoms in total. The van der Waals surface area contributed by atoms with Gasteiger partial charge < -0.3 is 10.4 Å². The molecular weight excluding hydrogens is 250 g/mol. The lowest BCUT2D eigenvalue weighted by Crippen LogP contribution is -2.34. The highest BCUT2D eigenvalue weighted by atomic mass is 35.5. The Morgan fingerprint density at radius 1 is 1.33 bits per heavy atom. The van der Waals surface area contributed by atoms with Crippen LogP contribution in [0.15, 0.2) is 18.2 Å². The summed E-state index contributed by atoms with van der Waals surface area (Å²) in [5.41, 5.74) is 0.275. The van der Waals surface area contributed by atoms with Gasteiger partial charge in [-0.2, -0.15) is 0 Å². The average molecular weight is 270 g/mol. The number of rotatable bonds is 6. The molecule has 0 aliphatic rings. The van der Waals surface area contributed by atoms with Crippen LogP contribution in [0.3, 0.4) is 0 Å². The molecule has 0 radical (unpaired) electrons. The van der Waals surface area contributed by atoms with E-state index in [0.717, 1.165) is 25.7 Å². The van der Waals surface area contributed by atoms with Crippen molar-refractivity contribution in [2.75, 3.05) is 0 Å². The number of phenols is 1. The van der Waals surface area contributed by atoms with E-state index in [1.807, 2.05) is 0 Å². The maximum absolute atomic E-state index is 12.0. The van der Waals surface area contributed by atoms with E-state index in [1.54, 1.807) is 12.1 Å². The Balaban J connectivity index is 2.73. The number of hydrogen-bond donors (Lipinski definition) is 2. The third-order valence-corrected chi connectivity index (χ3v) is 3.05. The molecule has 2 N–H and O–H groups in total. The molecule has 1 aromatic carbocycles. The Bertz CT molecular complexity index is 401. The lowest BCUT2D eigenvalue weighted by molar-refractivity contribution is 0.0930. The summed E-state index contributed by atoms with van der Waals surface area (Å²) in [4.78, 5) is 12.0. The zero-order valence-corrected chi connectivity index (χ0v) is 11.6. The molecule has 0 aliphatic carbocycles. The first-order valence-corrected chi connectivity index (χ1v) is 6.75. The number of amides is 1. The second kappa shape index (κ2) is 7.27. The predicted molar refractivity (Wildman–Crippen MR) is 74.2 cm³/mol. The number of nitrogens with one attached hydrogen (secondary N) is 1. The van der Waals surface area contributed by atoms with Crippen molar-refractivity contribution in [2.45, 2.75) is 45.6 Å². The summed E-state index contributed by atoms with van der Waals surface area (Å²) in [6.45, 7) is 4.18. The van der Waals surface area contributed by atoms with Gasteiger partial charge >= 0.3 is 0 Å². The van der Waals surface area contributed by atoms with E-state index >= 15 is 0 Å². The van der Waals surface area contributed by atoms with Crippen molar-refractivity contribution >= 4 is 17.5 Å². The van der Waals surface area contributed by atoms with Crippen LogP contribution >= 0.6 is 11.6 Å². The van der Waals surface area contributed by atoms with E-state index < -0.39 is 0 Å². The topological polar surface area (TPSA) is 49.3 Å². The van der Waals surface area contributed by atoms with Crippen molar-refractivity contribution in [3.63, 3.8) is 0 Å². The molecule has 0 fully saturated rings. The van der Waals surface area contributed by atoms with E-state index in [1.165, 1.54) is 6.07 Å². The Hall–Kier alpha value is -1.22. The molecule has 100 valence electrons. The maximum Gasteiger partial charge on any atom is 0.255 e. The number of aromatic hydroxyl groups is 1. The highest BCUT2D eigenvalue weighted by Gasteiger charge is 2.15. The van der Waals surface area contributed by atoms with Gasteiger partial charge in [-0.15, -0.1) is 0 Å². The molecule has 0 spiro atoms. The van der Waals surface area contributed by atoms with Gasteiger partial charge in [-0.3, -0.25) is 4.79 Å². The van der Waals surface area contributed by atoms with Crippen LogP contribution in [0.25, 0.3) is 0 Å². The first-order valence-electron chi connectivity index (χ1n) is 6.37. The second-order valence-electron chi connectivity index (χ2n) is 4.41. The van der Waals surface area contributed by atoms with Gasteiger partial charge in [-0.25, -0.2) is 0 Å². The van der Waals surface area contributed by atoms with Crippen molar-refractivity contribution < 1.29 is 9.90 Å². The first kappa shape index (κ1) is 14.8. The van der Waals surface area contributed by atoms with Crippen molar-refractivity contribution in [3.8, 4) is 5.75 Å². The van der Waals surface area contributed by atoms with Crippen LogP contribution in [-0.4, -0.2) is 17.1 Å². The van der Waals surface area contributed by atoms with Gasteiger partial charge in [0.15, 0.2) is 0 Å². The van der Waals surface area contributed by atoms with E-state index in [-0.39, 0.29) is 23.3 Å². The summed E-state index contributed by atoms with van der Waals surface area (Å²) in [6, 6.07) is 4.69. The average Bonchev–Trinajstić information content (AvgIpc) is 2.29. The van der Waals surface area contributed by atoms with Gasteiger partial charge in [-0.05, 0) is 31.0 Å². The molecule has 4 heteroatoms.